The molecule has 2 aromatic heterocycles. The monoisotopic (exact) mass is 244 g/mol. The van der Waals surface area contributed by atoms with Gasteiger partial charge in [-0.2, -0.15) is 5.10 Å². The highest BCUT2D eigenvalue weighted by molar-refractivity contribution is 5.83. The van der Waals surface area contributed by atoms with Gasteiger partial charge in [-0.25, -0.2) is 9.48 Å². The summed E-state index contributed by atoms with van der Waals surface area (Å²) < 4.78 is 1.76. The van der Waals surface area contributed by atoms with Gasteiger partial charge in [0.05, 0.1) is 29.5 Å². The summed E-state index contributed by atoms with van der Waals surface area (Å²) in [5.74, 6) is 0.384. The minimum Gasteiger partial charge on any atom is -0.465 e. The van der Waals surface area contributed by atoms with Crippen LogP contribution < -0.4 is 5.32 Å². The molecule has 0 radical (unpaired) electrons. The van der Waals surface area contributed by atoms with E-state index < -0.39 is 6.09 Å². The van der Waals surface area contributed by atoms with E-state index in [2.05, 4.69) is 15.4 Å². The van der Waals surface area contributed by atoms with Gasteiger partial charge < -0.3 is 5.11 Å². The summed E-state index contributed by atoms with van der Waals surface area (Å²) in [5.41, 5.74) is 2.33. The molecule has 1 aliphatic carbocycles. The first-order chi connectivity index (χ1) is 8.75. The van der Waals surface area contributed by atoms with E-state index in [4.69, 9.17) is 5.11 Å². The van der Waals surface area contributed by atoms with Crippen molar-refractivity contribution in [3.8, 4) is 5.69 Å². The number of aromatic nitrogens is 3. The van der Waals surface area contributed by atoms with Crippen LogP contribution in [-0.4, -0.2) is 26.0 Å². The number of carboxylic acid groups (broad SMARTS) is 1. The second kappa shape index (κ2) is 4.14. The van der Waals surface area contributed by atoms with Crippen LogP contribution in [0.3, 0.4) is 0 Å². The van der Waals surface area contributed by atoms with E-state index in [1.54, 1.807) is 23.3 Å². The number of rotatable bonds is 3. The van der Waals surface area contributed by atoms with Crippen molar-refractivity contribution in [1.29, 1.82) is 0 Å². The first-order valence-corrected chi connectivity index (χ1v) is 5.74. The molecule has 6 heteroatoms. The second-order valence-corrected chi connectivity index (χ2v) is 4.27. The molecular weight excluding hydrogens is 232 g/mol. The third kappa shape index (κ3) is 1.92. The van der Waals surface area contributed by atoms with Gasteiger partial charge in [-0.15, -0.1) is 0 Å². The van der Waals surface area contributed by atoms with Crippen molar-refractivity contribution in [1.82, 2.24) is 14.8 Å². The predicted octanol–water partition coefficient (Wildman–Crippen LogP) is 2.23. The van der Waals surface area contributed by atoms with Gasteiger partial charge in [0.25, 0.3) is 0 Å². The number of hydrogen-bond acceptors (Lipinski definition) is 3. The topological polar surface area (TPSA) is 80.0 Å². The number of pyridine rings is 1. The van der Waals surface area contributed by atoms with Crippen molar-refractivity contribution in [3.63, 3.8) is 0 Å². The van der Waals surface area contributed by atoms with Gasteiger partial charge >= 0.3 is 6.09 Å². The Hall–Kier alpha value is -2.37. The van der Waals surface area contributed by atoms with Gasteiger partial charge in [0.1, 0.15) is 0 Å². The van der Waals surface area contributed by atoms with Crippen molar-refractivity contribution in [3.05, 3.63) is 36.4 Å². The van der Waals surface area contributed by atoms with Gasteiger partial charge in [0.2, 0.25) is 0 Å². The van der Waals surface area contributed by atoms with Crippen LogP contribution in [0.4, 0.5) is 10.5 Å². The molecule has 0 saturated heterocycles. The maximum Gasteiger partial charge on any atom is 0.409 e. The molecule has 0 spiro atoms. The lowest BCUT2D eigenvalue weighted by Crippen LogP contribution is -2.09. The Labute approximate surface area is 103 Å². The van der Waals surface area contributed by atoms with Crippen molar-refractivity contribution in [2.45, 2.75) is 18.8 Å². The average molecular weight is 244 g/mol. The van der Waals surface area contributed by atoms with Gasteiger partial charge in [-0.3, -0.25) is 10.3 Å². The molecule has 2 aromatic rings. The molecule has 18 heavy (non-hydrogen) atoms. The third-order valence-electron chi connectivity index (χ3n) is 2.90. The normalized spacial score (nSPS) is 14.4. The molecule has 0 unspecified atom stereocenters. The molecule has 2 N–H and O–H groups in total. The fourth-order valence-corrected chi connectivity index (χ4v) is 2.00. The molecule has 1 fully saturated rings. The first kappa shape index (κ1) is 10.8. The lowest BCUT2D eigenvalue weighted by molar-refractivity contribution is 0.209. The zero-order chi connectivity index (χ0) is 12.5. The summed E-state index contributed by atoms with van der Waals surface area (Å²) in [4.78, 5) is 14.8. The zero-order valence-electron chi connectivity index (χ0n) is 9.58. The molecule has 0 atom stereocenters. The lowest BCUT2D eigenvalue weighted by Gasteiger charge is -2.07. The minimum atomic E-state index is -1.07. The van der Waals surface area contributed by atoms with Gasteiger partial charge in [-0.05, 0) is 25.0 Å². The Bertz CT molecular complexity index is 575. The van der Waals surface area contributed by atoms with Crippen LogP contribution in [-0.2, 0) is 0 Å². The van der Waals surface area contributed by atoms with Crippen molar-refractivity contribution in [2.75, 3.05) is 5.32 Å². The molecule has 92 valence electrons. The Morgan fingerprint density at radius 1 is 1.44 bits per heavy atom. The largest absolute Gasteiger partial charge is 0.465 e. The Balaban J connectivity index is 2.05. The molecule has 0 aromatic carbocycles. The first-order valence-electron chi connectivity index (χ1n) is 5.74. The maximum atomic E-state index is 10.7. The van der Waals surface area contributed by atoms with Crippen LogP contribution in [0.2, 0.25) is 0 Å². The Morgan fingerprint density at radius 2 is 2.28 bits per heavy atom. The van der Waals surface area contributed by atoms with Crippen LogP contribution in [0, 0.1) is 0 Å². The van der Waals surface area contributed by atoms with Crippen LogP contribution in [0.15, 0.2) is 30.7 Å². The maximum absolute atomic E-state index is 10.7. The minimum absolute atomic E-state index is 0.384. The zero-order valence-corrected chi connectivity index (χ0v) is 9.58. The van der Waals surface area contributed by atoms with Crippen LogP contribution in [0.25, 0.3) is 5.69 Å². The Morgan fingerprint density at radius 3 is 2.89 bits per heavy atom. The summed E-state index contributed by atoms with van der Waals surface area (Å²) in [6.45, 7) is 0. The van der Waals surface area contributed by atoms with Crippen LogP contribution in [0.5, 0.6) is 0 Å². The highest BCUT2D eigenvalue weighted by Gasteiger charge is 2.31. The van der Waals surface area contributed by atoms with E-state index in [-0.39, 0.29) is 0 Å². The highest BCUT2D eigenvalue weighted by Crippen LogP contribution is 2.44. The number of anilines is 1. The highest BCUT2D eigenvalue weighted by atomic mass is 16.4. The van der Waals surface area contributed by atoms with E-state index in [1.807, 2.05) is 12.1 Å². The average Bonchev–Trinajstić information content (AvgIpc) is 3.12. The van der Waals surface area contributed by atoms with E-state index in [0.29, 0.717) is 11.6 Å². The summed E-state index contributed by atoms with van der Waals surface area (Å²) in [5, 5.41) is 15.5. The molecule has 0 bridgehead atoms. The summed E-state index contributed by atoms with van der Waals surface area (Å²) in [7, 11) is 0. The third-order valence-corrected chi connectivity index (χ3v) is 2.90. The molecule has 0 aliphatic heterocycles. The summed E-state index contributed by atoms with van der Waals surface area (Å²) >= 11 is 0. The number of carbonyl (C=O) groups is 1. The predicted molar refractivity (Wildman–Crippen MR) is 65.0 cm³/mol. The number of amides is 1. The van der Waals surface area contributed by atoms with Crippen LogP contribution in [0.1, 0.15) is 24.5 Å². The van der Waals surface area contributed by atoms with Crippen LogP contribution >= 0.6 is 0 Å². The number of nitrogens with zero attached hydrogens (tertiary/aromatic N) is 3. The summed E-state index contributed by atoms with van der Waals surface area (Å²) in [6.07, 6.45) is 6.03. The van der Waals surface area contributed by atoms with Gasteiger partial charge in [-0.1, -0.05) is 0 Å². The number of hydrogen-bond donors (Lipinski definition) is 2. The van der Waals surface area contributed by atoms with E-state index in [1.165, 1.54) is 0 Å². The van der Waals surface area contributed by atoms with Gasteiger partial charge in [0.15, 0.2) is 0 Å². The van der Waals surface area contributed by atoms with Crippen molar-refractivity contribution >= 4 is 11.8 Å². The standard InChI is InChI=1S/C12H12N4O2/c17-12(18)15-10-7-14-16(11(10)8-3-4-8)9-2-1-5-13-6-9/h1-2,5-8,15H,3-4H2,(H,17,18). The fourth-order valence-electron chi connectivity index (χ4n) is 2.00. The fraction of sp³-hybridized carbons (Fsp3) is 0.250. The molecule has 1 amide bonds. The molecule has 2 heterocycles. The van der Waals surface area contributed by atoms with E-state index in [0.717, 1.165) is 24.2 Å². The molecule has 1 saturated carbocycles. The molecule has 1 aliphatic rings. The van der Waals surface area contributed by atoms with E-state index >= 15 is 0 Å². The lowest BCUT2D eigenvalue weighted by atomic mass is 10.2. The molecule has 3 rings (SSSR count). The van der Waals surface area contributed by atoms with Crippen molar-refractivity contribution in [2.24, 2.45) is 0 Å². The smallest absolute Gasteiger partial charge is 0.409 e. The quantitative estimate of drug-likeness (QED) is 0.867. The molecule has 6 nitrogen and oxygen atoms in total. The Kier molecular flexibility index (Phi) is 2.47. The second-order valence-electron chi connectivity index (χ2n) is 4.27. The van der Waals surface area contributed by atoms with Gasteiger partial charge in [0, 0.05) is 12.1 Å². The molecular formula is C12H12N4O2. The van der Waals surface area contributed by atoms with Crippen molar-refractivity contribution < 1.29 is 9.90 Å². The number of nitrogens with one attached hydrogen (secondary N) is 1. The summed E-state index contributed by atoms with van der Waals surface area (Å²) in [6, 6.07) is 3.73. The van der Waals surface area contributed by atoms with E-state index in [9.17, 15) is 4.79 Å². The SMILES string of the molecule is O=C(O)Nc1cnn(-c2cccnc2)c1C1CC1.